The van der Waals surface area contributed by atoms with Gasteiger partial charge in [0.2, 0.25) is 0 Å². The van der Waals surface area contributed by atoms with E-state index in [1.165, 1.54) is 11.1 Å². The molecule has 0 saturated carbocycles. The third-order valence-electron chi connectivity index (χ3n) is 12.7. The van der Waals surface area contributed by atoms with E-state index < -0.39 is 0 Å². The van der Waals surface area contributed by atoms with E-state index in [-0.39, 0.29) is 0 Å². The lowest BCUT2D eigenvalue weighted by Crippen LogP contribution is -2.05. The summed E-state index contributed by atoms with van der Waals surface area (Å²) in [5, 5.41) is 15.6. The normalized spacial score (nSPS) is 11.4. The fraction of sp³-hybridized carbons (Fsp3) is 0. The Morgan fingerprint density at radius 1 is 0.312 bits per heavy atom. The predicted octanol–water partition coefficient (Wildman–Crippen LogP) is 15.5. The summed E-state index contributed by atoms with van der Waals surface area (Å²) in [6.45, 7) is 0. The van der Waals surface area contributed by atoms with Gasteiger partial charge in [-0.15, -0.1) is 0 Å². The molecular weight excluding hydrogens is 777 g/mol. The van der Waals surface area contributed by atoms with Gasteiger partial charge < -0.3 is 9.13 Å². The van der Waals surface area contributed by atoms with Crippen LogP contribution in [0.25, 0.3) is 111 Å². The van der Waals surface area contributed by atoms with Gasteiger partial charge in [0.05, 0.1) is 45.1 Å². The molecule has 0 aliphatic heterocycles. The zero-order valence-electron chi connectivity index (χ0n) is 34.7. The van der Waals surface area contributed by atoms with Crippen LogP contribution < -0.4 is 0 Å². The van der Waals surface area contributed by atoms with Crippen molar-refractivity contribution in [2.45, 2.75) is 0 Å². The Labute approximate surface area is 370 Å². The van der Waals surface area contributed by atoms with Gasteiger partial charge in [0.15, 0.2) is 0 Å². The Morgan fingerprint density at radius 3 is 0.969 bits per heavy atom. The third kappa shape index (κ3) is 6.18. The summed E-state index contributed by atoms with van der Waals surface area (Å²) in [5.41, 5.74) is 17.7. The summed E-state index contributed by atoms with van der Waals surface area (Å²) < 4.78 is 4.78. The maximum absolute atomic E-state index is 11.0. The van der Waals surface area contributed by atoms with Crippen LogP contribution >= 0.6 is 0 Å². The van der Waals surface area contributed by atoms with Gasteiger partial charge in [-0.2, -0.15) is 5.26 Å². The van der Waals surface area contributed by atoms with Crippen molar-refractivity contribution in [3.8, 4) is 73.1 Å². The maximum atomic E-state index is 11.0. The molecule has 0 N–H and O–H groups in total. The van der Waals surface area contributed by atoms with Crippen molar-refractivity contribution in [2.24, 2.45) is 0 Å². The van der Waals surface area contributed by atoms with Crippen LogP contribution in [0.15, 0.2) is 231 Å². The zero-order chi connectivity index (χ0) is 42.6. The number of aromatic nitrogens is 3. The standard InChI is InChI=1S/C60H38N4/c61-39-49-37-59(63-55-25-21-45(40-13-5-1-6-14-40)33-51(55)52-34-46(22-26-56(52)63)41-15-7-2-8-16-41)60(38-50(49)44-29-31-62-32-30-44)64-57-27-23-47(42-17-9-3-10-18-42)35-53(57)54-36-48(24-28-58(54)64)43-19-11-4-12-20-43/h1-38H. The molecule has 0 spiro atoms. The Bertz CT molecular complexity index is 3560. The Hall–Kier alpha value is -8.78. The van der Waals surface area contributed by atoms with Crippen LogP contribution in [0.3, 0.4) is 0 Å². The molecule has 0 saturated heterocycles. The first-order chi connectivity index (χ1) is 31.7. The molecule has 4 nitrogen and oxygen atoms in total. The van der Waals surface area contributed by atoms with Gasteiger partial charge in [-0.3, -0.25) is 4.98 Å². The fourth-order valence-corrected chi connectivity index (χ4v) is 9.60. The first-order valence-corrected chi connectivity index (χ1v) is 21.6. The molecule has 12 aromatic rings. The van der Waals surface area contributed by atoms with Crippen molar-refractivity contribution < 1.29 is 0 Å². The number of rotatable bonds is 7. The van der Waals surface area contributed by atoms with Gasteiger partial charge in [-0.05, 0) is 123 Å². The van der Waals surface area contributed by atoms with Crippen LogP contribution in [0.1, 0.15) is 5.56 Å². The van der Waals surface area contributed by atoms with Crippen molar-refractivity contribution in [2.75, 3.05) is 0 Å². The van der Waals surface area contributed by atoms with Crippen LogP contribution in [0.4, 0.5) is 0 Å². The Balaban J connectivity index is 1.20. The van der Waals surface area contributed by atoms with Gasteiger partial charge in [0, 0.05) is 39.5 Å². The highest BCUT2D eigenvalue weighted by molar-refractivity contribution is 6.14. The average Bonchev–Trinajstić information content (AvgIpc) is 3.88. The van der Waals surface area contributed by atoms with E-state index in [9.17, 15) is 5.26 Å². The monoisotopic (exact) mass is 814 g/mol. The molecule has 64 heavy (non-hydrogen) atoms. The van der Waals surface area contributed by atoms with Crippen LogP contribution in [0, 0.1) is 11.3 Å². The van der Waals surface area contributed by atoms with E-state index in [4.69, 9.17) is 0 Å². The van der Waals surface area contributed by atoms with E-state index in [1.54, 1.807) is 12.4 Å². The highest BCUT2D eigenvalue weighted by Gasteiger charge is 2.24. The van der Waals surface area contributed by atoms with Crippen LogP contribution in [-0.2, 0) is 0 Å². The molecule has 0 fully saturated rings. The van der Waals surface area contributed by atoms with E-state index in [2.05, 4.69) is 226 Å². The molecule has 0 radical (unpaired) electrons. The summed E-state index contributed by atoms with van der Waals surface area (Å²) in [6, 6.07) is 80.5. The minimum atomic E-state index is 0.584. The van der Waals surface area contributed by atoms with Gasteiger partial charge in [0.25, 0.3) is 0 Å². The smallest absolute Gasteiger partial charge is 0.0998 e. The van der Waals surface area contributed by atoms with Gasteiger partial charge in [-0.1, -0.05) is 146 Å². The predicted molar refractivity (Wildman–Crippen MR) is 265 cm³/mol. The number of hydrogen-bond acceptors (Lipinski definition) is 2. The summed E-state index contributed by atoms with van der Waals surface area (Å²) in [6.07, 6.45) is 3.59. The minimum Gasteiger partial charge on any atom is -0.307 e. The number of benzene rings is 9. The lowest BCUT2D eigenvalue weighted by Gasteiger charge is -2.20. The number of pyridine rings is 1. The van der Waals surface area contributed by atoms with Crippen LogP contribution in [0.5, 0.6) is 0 Å². The lowest BCUT2D eigenvalue weighted by molar-refractivity contribution is 1.09. The van der Waals surface area contributed by atoms with E-state index in [0.717, 1.165) is 99.5 Å². The lowest BCUT2D eigenvalue weighted by atomic mass is 9.98. The molecule has 12 rings (SSSR count). The van der Waals surface area contributed by atoms with Crippen LogP contribution in [-0.4, -0.2) is 14.1 Å². The van der Waals surface area contributed by atoms with Crippen LogP contribution in [0.2, 0.25) is 0 Å². The summed E-state index contributed by atoms with van der Waals surface area (Å²) in [4.78, 5) is 4.34. The number of nitriles is 1. The Morgan fingerprint density at radius 2 is 0.641 bits per heavy atom. The van der Waals surface area contributed by atoms with Gasteiger partial charge in [0.1, 0.15) is 0 Å². The van der Waals surface area contributed by atoms with Crippen molar-refractivity contribution in [1.82, 2.24) is 14.1 Å². The molecule has 3 heterocycles. The molecule has 4 heteroatoms. The first-order valence-electron chi connectivity index (χ1n) is 21.6. The van der Waals surface area contributed by atoms with Gasteiger partial charge >= 0.3 is 0 Å². The molecule has 0 amide bonds. The number of fused-ring (bicyclic) bond motifs is 6. The maximum Gasteiger partial charge on any atom is 0.0998 e. The van der Waals surface area contributed by atoms with Crippen molar-refractivity contribution in [3.63, 3.8) is 0 Å². The second-order valence-electron chi connectivity index (χ2n) is 16.3. The van der Waals surface area contributed by atoms with E-state index in [1.807, 2.05) is 12.1 Å². The largest absolute Gasteiger partial charge is 0.307 e. The SMILES string of the molecule is N#Cc1cc(-n2c3ccc(-c4ccccc4)cc3c3cc(-c4ccccc4)ccc32)c(-n2c3ccc(-c4ccccc4)cc3c3cc(-c4ccccc4)ccc32)cc1-c1ccncc1. The quantitative estimate of drug-likeness (QED) is 0.161. The second kappa shape index (κ2) is 15.3. The number of hydrogen-bond donors (Lipinski definition) is 0. The minimum absolute atomic E-state index is 0.584. The molecule has 9 aromatic carbocycles. The molecule has 0 aliphatic rings. The topological polar surface area (TPSA) is 46.5 Å². The average molecular weight is 815 g/mol. The molecule has 0 bridgehead atoms. The van der Waals surface area contributed by atoms with Crippen molar-refractivity contribution in [1.29, 1.82) is 5.26 Å². The molecule has 0 aliphatic carbocycles. The van der Waals surface area contributed by atoms with E-state index in [0.29, 0.717) is 5.56 Å². The second-order valence-corrected chi connectivity index (χ2v) is 16.3. The van der Waals surface area contributed by atoms with E-state index >= 15 is 0 Å². The van der Waals surface area contributed by atoms with Crippen molar-refractivity contribution in [3.05, 3.63) is 236 Å². The molecule has 3 aromatic heterocycles. The summed E-state index contributed by atoms with van der Waals surface area (Å²) in [5.74, 6) is 0. The Kier molecular flexibility index (Phi) is 8.84. The highest BCUT2D eigenvalue weighted by atomic mass is 15.1. The van der Waals surface area contributed by atoms with Crippen molar-refractivity contribution >= 4 is 43.6 Å². The first kappa shape index (κ1) is 37.0. The molecule has 0 atom stereocenters. The third-order valence-corrected chi connectivity index (χ3v) is 12.7. The van der Waals surface area contributed by atoms with Gasteiger partial charge in [-0.25, -0.2) is 0 Å². The molecular formula is C60H38N4. The highest BCUT2D eigenvalue weighted by Crippen LogP contribution is 2.44. The zero-order valence-corrected chi connectivity index (χ0v) is 34.7. The fourth-order valence-electron chi connectivity index (χ4n) is 9.60. The number of nitrogens with zero attached hydrogens (tertiary/aromatic N) is 4. The molecule has 0 unspecified atom stereocenters. The molecule has 298 valence electrons. The summed E-state index contributed by atoms with van der Waals surface area (Å²) >= 11 is 0. The summed E-state index contributed by atoms with van der Waals surface area (Å²) in [7, 11) is 0.